The number of esters is 2. The van der Waals surface area contributed by atoms with Crippen LogP contribution in [0.2, 0.25) is 0 Å². The molecule has 9 saturated carbocycles. The van der Waals surface area contributed by atoms with Crippen LogP contribution in [0, 0.1) is 128 Å². The number of rotatable bonds is 9. The second kappa shape index (κ2) is 18.9. The number of hydrogen-bond donors (Lipinski definition) is 4. The highest BCUT2D eigenvalue weighted by molar-refractivity contribution is 5.94. The zero-order valence-electron chi connectivity index (χ0n) is 53.6. The summed E-state index contributed by atoms with van der Waals surface area (Å²) in [4.78, 5) is 52.8. The monoisotopic (exact) mass is 1250 g/mol. The van der Waals surface area contributed by atoms with Gasteiger partial charge in [-0.3, -0.25) is 14.9 Å². The summed E-state index contributed by atoms with van der Waals surface area (Å²) < 4.78 is 37.8. The number of furan rings is 1. The first-order valence-corrected chi connectivity index (χ1v) is 37.1. The number of aliphatic hydroxyl groups is 3. The lowest BCUT2D eigenvalue weighted by molar-refractivity contribution is -0.301. The summed E-state index contributed by atoms with van der Waals surface area (Å²) in [5.41, 5.74) is -3.17. The zero-order valence-corrected chi connectivity index (χ0v) is 53.6. The lowest BCUT2D eigenvalue weighted by atomic mass is 9.29. The molecule has 13 heteroatoms. The number of cyclic esters (lactones) is 2. The first-order chi connectivity index (χ1) is 44.8. The highest BCUT2D eigenvalue weighted by atomic mass is 16.7. The van der Waals surface area contributed by atoms with E-state index in [-0.39, 0.29) is 83.6 Å². The van der Waals surface area contributed by atoms with Gasteiger partial charge in [-0.15, -0.1) is 0 Å². The fraction of sp³-hybridized carbons (Fsp3) is 0.709. The highest BCUT2D eigenvalue weighted by Gasteiger charge is 3.00. The molecule has 1 aromatic heterocycles. The summed E-state index contributed by atoms with van der Waals surface area (Å²) in [6.07, 6.45) is 36.8. The Hall–Kier alpha value is -4.63. The van der Waals surface area contributed by atoms with Gasteiger partial charge in [0, 0.05) is 52.7 Å². The van der Waals surface area contributed by atoms with Crippen LogP contribution in [0.3, 0.4) is 0 Å². The SMILES string of the molecule is CC12CC3CC45CCCC4CC4=CC6C78C=CC9CCCCC9C7CC=C7C=CC(CC78)C67OC46C5C(=O)OCC64C7C(=O)C(O)C(C5CCCC(Cc6ccccc6)C5)(C34)C13OC3C(=O)OC2c1ccoc1CC(C(O)CO)C1CCC2C(C=CN3CNCC23)C1. The molecule has 2 aromatic rings. The Morgan fingerprint density at radius 1 is 0.859 bits per heavy atom. The molecule has 0 radical (unpaired) electrons. The summed E-state index contributed by atoms with van der Waals surface area (Å²) in [5.74, 6) is 0.0960. The summed E-state index contributed by atoms with van der Waals surface area (Å²) >= 11 is 0. The topological polar surface area (TPSA) is 181 Å². The van der Waals surface area contributed by atoms with E-state index >= 15 is 19.5 Å². The van der Waals surface area contributed by atoms with E-state index in [1.54, 1.807) is 6.26 Å². The maximum Gasteiger partial charge on any atom is 0.339 e. The minimum Gasteiger partial charge on any atom is -0.469 e. The van der Waals surface area contributed by atoms with Crippen LogP contribution in [-0.4, -0.2) is 106 Å². The number of aliphatic hydroxyl groups excluding tert-OH is 3. The molecule has 14 fully saturated rings. The molecule has 92 heavy (non-hydrogen) atoms. The fourth-order valence-electron chi connectivity index (χ4n) is 30.2. The van der Waals surface area contributed by atoms with Gasteiger partial charge in [0.2, 0.25) is 0 Å². The smallest absolute Gasteiger partial charge is 0.339 e. The van der Waals surface area contributed by atoms with Gasteiger partial charge in [0.1, 0.15) is 35.8 Å². The van der Waals surface area contributed by atoms with Crippen LogP contribution in [0.1, 0.15) is 152 Å². The van der Waals surface area contributed by atoms with Crippen molar-refractivity contribution in [3.05, 3.63) is 119 Å². The minimum absolute atomic E-state index is 0.0449. The van der Waals surface area contributed by atoms with Gasteiger partial charge in [0.05, 0.1) is 48.5 Å². The molecule has 30 unspecified atom stereocenters. The quantitative estimate of drug-likeness (QED) is 0.106. The molecule has 5 saturated heterocycles. The van der Waals surface area contributed by atoms with Gasteiger partial charge in [0.15, 0.2) is 11.9 Å². The Labute approximate surface area is 541 Å². The minimum atomic E-state index is -1.53. The van der Waals surface area contributed by atoms with Crippen LogP contribution in [-0.2, 0) is 46.2 Å². The summed E-state index contributed by atoms with van der Waals surface area (Å²) in [6, 6.07) is 13.3. The molecule has 0 amide bonds. The summed E-state index contributed by atoms with van der Waals surface area (Å²) in [7, 11) is 0. The Kier molecular flexibility index (Phi) is 11.6. The van der Waals surface area contributed by atoms with Crippen molar-refractivity contribution in [1.82, 2.24) is 10.2 Å². The van der Waals surface area contributed by atoms with E-state index in [2.05, 4.69) is 96.2 Å². The number of benzene rings is 1. The Bertz CT molecular complexity index is 3660. The van der Waals surface area contributed by atoms with E-state index in [0.29, 0.717) is 54.2 Å². The van der Waals surface area contributed by atoms with Crippen LogP contribution in [0.5, 0.6) is 0 Å². The van der Waals surface area contributed by atoms with Gasteiger partial charge < -0.3 is 43.6 Å². The predicted molar refractivity (Wildman–Crippen MR) is 338 cm³/mol. The van der Waals surface area contributed by atoms with Crippen molar-refractivity contribution in [1.29, 1.82) is 0 Å². The lowest BCUT2D eigenvalue weighted by Crippen LogP contribution is -2.82. The molecule has 30 atom stereocenters. The maximum atomic E-state index is 18.2. The van der Waals surface area contributed by atoms with Crippen LogP contribution in [0.4, 0.5) is 0 Å². The number of epoxide rings is 1. The van der Waals surface area contributed by atoms with E-state index in [1.807, 2.05) is 6.07 Å². The predicted octanol–water partition coefficient (Wildman–Crippen LogP) is 10.9. The van der Waals surface area contributed by atoms with E-state index < -0.39 is 86.6 Å². The first-order valence-electron chi connectivity index (χ1n) is 37.1. The highest BCUT2D eigenvalue weighted by Crippen LogP contribution is 2.92. The summed E-state index contributed by atoms with van der Waals surface area (Å²) in [6.45, 7) is 3.81. The third kappa shape index (κ3) is 6.35. The number of allylic oxidation sites excluding steroid dienone is 6. The normalized spacial score (nSPS) is 53.8. The molecule has 13 nitrogen and oxygen atoms in total. The van der Waals surface area contributed by atoms with Crippen molar-refractivity contribution >= 4 is 17.7 Å². The number of carbonyl (C=O) groups is 3. The van der Waals surface area contributed by atoms with Crippen LogP contribution in [0.15, 0.2) is 107 Å². The first kappa shape index (κ1) is 56.5. The van der Waals surface area contributed by atoms with E-state index in [0.717, 1.165) is 115 Å². The molecular weight excluding hydrogens is 1150 g/mol. The van der Waals surface area contributed by atoms with E-state index in [4.69, 9.17) is 23.4 Å². The molecule has 7 bridgehead atoms. The maximum absolute atomic E-state index is 18.2. The molecule has 6 spiro atoms. The van der Waals surface area contributed by atoms with Gasteiger partial charge in [-0.2, -0.15) is 0 Å². The molecular formula is C79H94N2O11. The molecule has 7 aliphatic heterocycles. The van der Waals surface area contributed by atoms with Crippen LogP contribution in [0.25, 0.3) is 0 Å². The average molecular weight is 1250 g/mol. The second-order valence-electron chi connectivity index (χ2n) is 34.8. The van der Waals surface area contributed by atoms with Crippen molar-refractivity contribution in [2.24, 2.45) is 128 Å². The third-order valence-electron chi connectivity index (χ3n) is 32.6. The van der Waals surface area contributed by atoms with Gasteiger partial charge >= 0.3 is 11.9 Å². The molecule has 4 N–H and O–H groups in total. The number of nitrogens with one attached hydrogen (secondary N) is 1. The average Bonchev–Trinajstić information content (AvgIpc) is 1.40. The van der Waals surface area contributed by atoms with Crippen LogP contribution < -0.4 is 5.32 Å². The van der Waals surface area contributed by atoms with Crippen molar-refractivity contribution in [3.8, 4) is 0 Å². The second-order valence-corrected chi connectivity index (χ2v) is 34.8. The summed E-state index contributed by atoms with van der Waals surface area (Å²) in [5, 5.41) is 41.8. The molecule has 12 aliphatic carbocycles. The Morgan fingerprint density at radius 3 is 2.63 bits per heavy atom. The fourth-order valence-corrected chi connectivity index (χ4v) is 30.2. The van der Waals surface area contributed by atoms with Crippen molar-refractivity contribution in [2.45, 2.75) is 189 Å². The number of fused-ring (bicyclic) bond motifs is 6. The Balaban J connectivity index is 0.771. The number of Topliss-reactive ketones (excluding diaryl/α,β-unsaturated/α-hetero) is 1. The Morgan fingerprint density at radius 2 is 1.74 bits per heavy atom. The number of hydrogen-bond acceptors (Lipinski definition) is 13. The molecule has 1 aromatic carbocycles. The van der Waals surface area contributed by atoms with E-state index in [1.165, 1.54) is 42.4 Å². The van der Waals surface area contributed by atoms with Gasteiger partial charge in [0.25, 0.3) is 0 Å². The number of ketones is 1. The number of ether oxygens (including phenoxy) is 4. The molecule has 19 aliphatic rings. The largest absolute Gasteiger partial charge is 0.469 e. The number of carbonyl (C=O) groups excluding carboxylic acids is 3. The number of nitrogens with zero attached hydrogens (tertiary/aromatic N) is 1. The lowest BCUT2D eigenvalue weighted by Gasteiger charge is -2.73. The van der Waals surface area contributed by atoms with Gasteiger partial charge in [-0.25, -0.2) is 4.79 Å². The van der Waals surface area contributed by atoms with E-state index in [9.17, 15) is 10.2 Å². The standard InChI is InChI=1S/C79H94N2O11/c1-72-36-48-37-73-25-8-14-49(73)32-52-34-62-74-26-22-44-12-5-6-15-53(44)57(74)21-18-45-16-19-51(33-58(45)74)77(62)65-63(84)67(85)76(50-13-7-11-43(30-50)29-42-9-3-2-4-10-42,64(48)75(65)40-89-70(86)66(73)78(52,75)92-77)79(72)69(91-79)71(87)90-68(72)55-24-28-88-61(55)35-56(60(83)39-82)46-17-20-54-47(31-46)23-27-81-41-80-38-59(54)81/h2-4,9-10,16,18-19,22-24,26-28,34,43-44,46-51,53-54,56-60,62,64-69,80,82-83,85H,5-8,11-15,17,20-21,25,29-33,35-41H2,1H3. The molecule has 486 valence electrons. The third-order valence-corrected chi connectivity index (χ3v) is 32.6. The molecule has 8 heterocycles. The molecule has 21 rings (SSSR count). The zero-order chi connectivity index (χ0) is 61.4. The van der Waals surface area contributed by atoms with Crippen molar-refractivity contribution in [3.63, 3.8) is 0 Å². The van der Waals surface area contributed by atoms with Crippen molar-refractivity contribution in [2.75, 3.05) is 26.4 Å². The van der Waals surface area contributed by atoms with Gasteiger partial charge in [-0.1, -0.05) is 112 Å². The van der Waals surface area contributed by atoms with Crippen LogP contribution >= 0.6 is 0 Å². The van der Waals surface area contributed by atoms with Gasteiger partial charge in [-0.05, 0) is 208 Å². The van der Waals surface area contributed by atoms with Crippen molar-refractivity contribution < 1.29 is 53.1 Å².